The van der Waals surface area contributed by atoms with Gasteiger partial charge in [-0.15, -0.1) is 11.6 Å². The predicted octanol–water partition coefficient (Wildman–Crippen LogP) is 1.20. The molecule has 0 atom stereocenters. The molecule has 0 fully saturated rings. The molecule has 0 unspecified atom stereocenters. The molecule has 0 bridgehead atoms. The van der Waals surface area contributed by atoms with E-state index in [0.29, 0.717) is 25.1 Å². The van der Waals surface area contributed by atoms with Gasteiger partial charge in [0.1, 0.15) is 13.2 Å². The minimum Gasteiger partial charge on any atom is -0.485 e. The van der Waals surface area contributed by atoms with Gasteiger partial charge in [-0.3, -0.25) is 4.79 Å². The Kier molecular flexibility index (Phi) is 9.94. The Morgan fingerprint density at radius 2 is 2.19 bits per heavy atom. The number of nitriles is 1. The van der Waals surface area contributed by atoms with Gasteiger partial charge in [-0.2, -0.15) is 5.26 Å². The average molecular weight is 317 g/mol. The number of quaternary nitrogens is 1. The van der Waals surface area contributed by atoms with Crippen LogP contribution in [0.2, 0.25) is 0 Å². The highest BCUT2D eigenvalue weighted by Crippen LogP contribution is 2.22. The summed E-state index contributed by atoms with van der Waals surface area (Å²) >= 11 is 4.64. The fraction of sp³-hybridized carbons (Fsp3) is 0.429. The van der Waals surface area contributed by atoms with Crippen molar-refractivity contribution in [2.24, 2.45) is 0 Å². The number of rotatable bonds is 6. The van der Waals surface area contributed by atoms with Crippen LogP contribution < -0.4 is 15.8 Å². The lowest BCUT2D eigenvalue weighted by molar-refractivity contribution is -0.371. The fourth-order valence-electron chi connectivity index (χ4n) is 1.46. The van der Waals surface area contributed by atoms with Gasteiger partial charge < -0.3 is 15.8 Å². The van der Waals surface area contributed by atoms with Crippen LogP contribution >= 0.6 is 11.6 Å². The van der Waals surface area contributed by atoms with Crippen molar-refractivity contribution in [1.82, 2.24) is 5.32 Å². The van der Waals surface area contributed by atoms with Gasteiger partial charge in [0.2, 0.25) is 5.91 Å². The quantitative estimate of drug-likeness (QED) is 0.773. The third-order valence-corrected chi connectivity index (χ3v) is 2.48. The standard InChI is InChI=1S/C13H16FN3O2.CH3Cl/c1-2-13(18)17-8-10-6-12(19-4-3-15)11(14)5-9(10)7-16;1-2/h5-6H,2-4,8,15H2,1H3,(H,17,18);1H3/p+1. The monoisotopic (exact) mass is 316 g/mol. The predicted molar refractivity (Wildman–Crippen MR) is 78.3 cm³/mol. The summed E-state index contributed by atoms with van der Waals surface area (Å²) in [5.41, 5.74) is 4.32. The second kappa shape index (κ2) is 10.9. The van der Waals surface area contributed by atoms with Crippen LogP contribution in [0.4, 0.5) is 4.39 Å². The molecule has 0 spiro atoms. The third kappa shape index (κ3) is 6.43. The SMILES string of the molecule is CCC(=O)NCc1cc(OCC[NH3+])c(F)cc1C#N.CCl. The van der Waals surface area contributed by atoms with Crippen molar-refractivity contribution in [3.63, 3.8) is 0 Å². The molecular weight excluding hydrogens is 297 g/mol. The maximum atomic E-state index is 13.6. The number of halogens is 2. The maximum Gasteiger partial charge on any atom is 0.219 e. The molecule has 21 heavy (non-hydrogen) atoms. The van der Waals surface area contributed by atoms with Crippen molar-refractivity contribution in [2.75, 3.05) is 19.5 Å². The molecular formula is C14H20ClFN3O2+. The van der Waals surface area contributed by atoms with E-state index in [1.807, 2.05) is 6.07 Å². The summed E-state index contributed by atoms with van der Waals surface area (Å²) in [7, 11) is 0. The van der Waals surface area contributed by atoms with E-state index in [1.165, 1.54) is 12.4 Å². The normalized spacial score (nSPS) is 9.14. The Hall–Kier alpha value is -1.84. The van der Waals surface area contributed by atoms with Crippen molar-refractivity contribution in [1.29, 1.82) is 5.26 Å². The highest BCUT2D eigenvalue weighted by atomic mass is 35.5. The van der Waals surface area contributed by atoms with Gasteiger partial charge in [0, 0.05) is 19.3 Å². The molecule has 1 aromatic rings. The van der Waals surface area contributed by atoms with Crippen molar-refractivity contribution in [3.8, 4) is 11.8 Å². The number of nitrogens with one attached hydrogen (secondary N) is 1. The summed E-state index contributed by atoms with van der Waals surface area (Å²) < 4.78 is 18.8. The number of alkyl halides is 1. The minimum atomic E-state index is -0.587. The lowest BCUT2D eigenvalue weighted by Crippen LogP contribution is -2.52. The highest BCUT2D eigenvalue weighted by Gasteiger charge is 2.11. The zero-order valence-electron chi connectivity index (χ0n) is 12.2. The van der Waals surface area contributed by atoms with Crippen LogP contribution in [0.5, 0.6) is 5.75 Å². The number of hydrogen-bond acceptors (Lipinski definition) is 3. The van der Waals surface area contributed by atoms with Gasteiger partial charge >= 0.3 is 0 Å². The van der Waals surface area contributed by atoms with Gasteiger partial charge in [0.25, 0.3) is 0 Å². The summed E-state index contributed by atoms with van der Waals surface area (Å²) in [6.07, 6.45) is 1.83. The number of hydrogen-bond donors (Lipinski definition) is 2. The van der Waals surface area contributed by atoms with Gasteiger partial charge in [-0.25, -0.2) is 4.39 Å². The molecule has 0 radical (unpaired) electrons. The molecule has 0 heterocycles. The van der Waals surface area contributed by atoms with Crippen LogP contribution in [0, 0.1) is 17.1 Å². The van der Waals surface area contributed by atoms with Crippen LogP contribution in [0.15, 0.2) is 12.1 Å². The molecule has 0 aliphatic rings. The van der Waals surface area contributed by atoms with Crippen LogP contribution in [0.3, 0.4) is 0 Å². The number of carbonyl (C=O) groups is 1. The first-order valence-corrected chi connectivity index (χ1v) is 7.17. The van der Waals surface area contributed by atoms with Crippen molar-refractivity contribution >= 4 is 17.5 Å². The smallest absolute Gasteiger partial charge is 0.219 e. The summed E-state index contributed by atoms with van der Waals surface area (Å²) in [4.78, 5) is 11.2. The number of amides is 1. The van der Waals surface area contributed by atoms with Crippen LogP contribution in [-0.2, 0) is 11.3 Å². The molecule has 7 heteroatoms. The highest BCUT2D eigenvalue weighted by molar-refractivity contribution is 6.15. The molecule has 1 rings (SSSR count). The molecule has 0 aliphatic carbocycles. The van der Waals surface area contributed by atoms with E-state index in [2.05, 4.69) is 22.7 Å². The van der Waals surface area contributed by atoms with E-state index < -0.39 is 5.82 Å². The lowest BCUT2D eigenvalue weighted by Gasteiger charge is -2.10. The van der Waals surface area contributed by atoms with Gasteiger partial charge in [-0.1, -0.05) is 6.92 Å². The molecule has 0 saturated heterocycles. The zero-order valence-corrected chi connectivity index (χ0v) is 13.0. The van der Waals surface area contributed by atoms with Gasteiger partial charge in [0.15, 0.2) is 11.6 Å². The molecule has 4 N–H and O–H groups in total. The van der Waals surface area contributed by atoms with E-state index in [-0.39, 0.29) is 23.8 Å². The molecule has 5 nitrogen and oxygen atoms in total. The van der Waals surface area contributed by atoms with Crippen molar-refractivity contribution < 1.29 is 19.7 Å². The number of ether oxygens (including phenoxy) is 1. The van der Waals surface area contributed by atoms with Crippen molar-refractivity contribution in [2.45, 2.75) is 19.9 Å². The van der Waals surface area contributed by atoms with E-state index in [4.69, 9.17) is 10.00 Å². The number of carbonyl (C=O) groups excluding carboxylic acids is 1. The fourth-order valence-corrected chi connectivity index (χ4v) is 1.46. The second-order valence-electron chi connectivity index (χ2n) is 3.88. The first-order chi connectivity index (χ1) is 10.1. The Morgan fingerprint density at radius 3 is 2.71 bits per heavy atom. The van der Waals surface area contributed by atoms with Gasteiger partial charge in [-0.05, 0) is 17.7 Å². The van der Waals surface area contributed by atoms with E-state index >= 15 is 0 Å². The topological polar surface area (TPSA) is 89.8 Å². The maximum absolute atomic E-state index is 13.6. The molecule has 0 saturated carbocycles. The Labute approximate surface area is 128 Å². The first kappa shape index (κ1) is 19.2. The minimum absolute atomic E-state index is 0.0726. The van der Waals surface area contributed by atoms with E-state index in [9.17, 15) is 9.18 Å². The summed E-state index contributed by atoms with van der Waals surface area (Å²) in [5, 5.41) is 11.6. The average Bonchev–Trinajstić information content (AvgIpc) is 2.53. The second-order valence-corrected chi connectivity index (χ2v) is 3.88. The van der Waals surface area contributed by atoms with E-state index in [1.54, 1.807) is 6.92 Å². The third-order valence-electron chi connectivity index (χ3n) is 2.48. The zero-order chi connectivity index (χ0) is 16.3. The van der Waals surface area contributed by atoms with Crippen LogP contribution in [0.1, 0.15) is 24.5 Å². The molecule has 116 valence electrons. The molecule has 0 aliphatic heterocycles. The summed E-state index contributed by atoms with van der Waals surface area (Å²) in [6, 6.07) is 4.46. The molecule has 0 aromatic heterocycles. The lowest BCUT2D eigenvalue weighted by atomic mass is 10.1. The molecule has 1 amide bonds. The van der Waals surface area contributed by atoms with Crippen LogP contribution in [0.25, 0.3) is 0 Å². The van der Waals surface area contributed by atoms with Crippen LogP contribution in [-0.4, -0.2) is 25.4 Å². The van der Waals surface area contributed by atoms with Gasteiger partial charge in [0.05, 0.1) is 11.6 Å². The summed E-state index contributed by atoms with van der Waals surface area (Å²) in [6.45, 7) is 2.72. The van der Waals surface area contributed by atoms with E-state index in [0.717, 1.165) is 6.07 Å². The number of nitrogens with zero attached hydrogens (tertiary/aromatic N) is 1. The first-order valence-electron chi connectivity index (χ1n) is 6.41. The largest absolute Gasteiger partial charge is 0.485 e. The Balaban J connectivity index is 0.00000191. The Morgan fingerprint density at radius 1 is 1.52 bits per heavy atom. The molecule has 1 aromatic carbocycles. The number of benzene rings is 1. The Bertz CT molecular complexity index is 504. The summed E-state index contributed by atoms with van der Waals surface area (Å²) in [5.74, 6) is -0.646. The van der Waals surface area contributed by atoms with Crippen molar-refractivity contribution in [3.05, 3.63) is 29.1 Å².